The summed E-state index contributed by atoms with van der Waals surface area (Å²) >= 11 is 1.87. The molecule has 0 aliphatic carbocycles. The van der Waals surface area contributed by atoms with Gasteiger partial charge in [-0.05, 0) is 5.41 Å². The van der Waals surface area contributed by atoms with Crippen LogP contribution in [0.4, 0.5) is 0 Å². The minimum absolute atomic E-state index is 1.13. The third-order valence-electron chi connectivity index (χ3n) is 1.95. The predicted octanol–water partition coefficient (Wildman–Crippen LogP) is 1.31. The van der Waals surface area contributed by atoms with Gasteiger partial charge in [-0.15, -0.1) is 11.8 Å². The van der Waals surface area contributed by atoms with Crippen molar-refractivity contribution in [2.45, 2.75) is 6.42 Å². The molecule has 0 bridgehead atoms. The number of aliphatic imine (C=N–C) groups is 1. The Bertz CT molecular complexity index is 208. The Labute approximate surface area is 65.0 Å². The molecule has 3 heteroatoms. The maximum atomic E-state index is 4.22. The van der Waals surface area contributed by atoms with Crippen molar-refractivity contribution in [1.82, 2.24) is 4.90 Å². The van der Waals surface area contributed by atoms with Gasteiger partial charge in [-0.25, -0.2) is 0 Å². The van der Waals surface area contributed by atoms with Gasteiger partial charge in [0.1, 0.15) is 0 Å². The van der Waals surface area contributed by atoms with Gasteiger partial charge in [0.25, 0.3) is 0 Å². The Kier molecular flexibility index (Phi) is 1.45. The quantitative estimate of drug-likeness (QED) is 0.523. The van der Waals surface area contributed by atoms with Crippen LogP contribution in [-0.2, 0) is 0 Å². The van der Waals surface area contributed by atoms with E-state index < -0.39 is 0 Å². The first-order chi connectivity index (χ1) is 4.92. The largest absolute Gasteiger partial charge is 0.360 e. The minimum Gasteiger partial charge on any atom is -0.360 e. The number of fused-ring (bicyclic) bond motifs is 1. The van der Waals surface area contributed by atoms with Crippen LogP contribution in [0, 0.1) is 0 Å². The smallest absolute Gasteiger partial charge is 0.0681 e. The average molecular weight is 154 g/mol. The van der Waals surface area contributed by atoms with E-state index in [2.05, 4.69) is 15.3 Å². The van der Waals surface area contributed by atoms with Gasteiger partial charge in [0, 0.05) is 20.0 Å². The van der Waals surface area contributed by atoms with Crippen LogP contribution in [0.3, 0.4) is 0 Å². The van der Waals surface area contributed by atoms with Crippen LogP contribution >= 0.6 is 11.8 Å². The summed E-state index contributed by atoms with van der Waals surface area (Å²) in [6.07, 6.45) is 1.14. The number of hydrogen-bond acceptors (Lipinski definition) is 3. The van der Waals surface area contributed by atoms with E-state index in [-0.39, 0.29) is 0 Å². The highest BCUT2D eigenvalue weighted by molar-refractivity contribution is 8.02. The van der Waals surface area contributed by atoms with E-state index in [1.165, 1.54) is 18.0 Å². The van der Waals surface area contributed by atoms with E-state index >= 15 is 0 Å². The molecule has 0 aromatic carbocycles. The molecule has 0 spiro atoms. The minimum atomic E-state index is 1.13. The van der Waals surface area contributed by atoms with Gasteiger partial charge < -0.3 is 4.90 Å². The molecular formula is C7H10N2S. The highest BCUT2D eigenvalue weighted by atomic mass is 32.2. The van der Waals surface area contributed by atoms with Gasteiger partial charge in [0.2, 0.25) is 0 Å². The first-order valence-corrected chi connectivity index (χ1v) is 4.49. The standard InChI is InChI=1S/C7H10N2S/c1-8-6-2-3-9-5-10-4-7(6)9/h4H,2-3,5H2,1H3. The number of hydrogen-bond donors (Lipinski definition) is 0. The zero-order valence-corrected chi connectivity index (χ0v) is 6.82. The van der Waals surface area contributed by atoms with Crippen molar-refractivity contribution in [1.29, 1.82) is 0 Å². The Morgan fingerprint density at radius 2 is 2.60 bits per heavy atom. The molecule has 1 fully saturated rings. The highest BCUT2D eigenvalue weighted by Crippen LogP contribution is 2.29. The zero-order chi connectivity index (χ0) is 6.97. The summed E-state index contributed by atoms with van der Waals surface area (Å²) in [6, 6.07) is 0. The molecule has 0 radical (unpaired) electrons. The van der Waals surface area contributed by atoms with E-state index in [9.17, 15) is 0 Å². The molecule has 2 aliphatic heterocycles. The van der Waals surface area contributed by atoms with E-state index in [0.29, 0.717) is 0 Å². The molecule has 2 aliphatic rings. The second kappa shape index (κ2) is 2.31. The SMILES string of the molecule is CN=C1CCN2CSC=C12. The van der Waals surface area contributed by atoms with Gasteiger partial charge in [-0.2, -0.15) is 0 Å². The van der Waals surface area contributed by atoms with Crippen molar-refractivity contribution >= 4 is 17.5 Å². The monoisotopic (exact) mass is 154 g/mol. The summed E-state index contributed by atoms with van der Waals surface area (Å²) < 4.78 is 0. The lowest BCUT2D eigenvalue weighted by molar-refractivity contribution is 0.473. The van der Waals surface area contributed by atoms with Crippen LogP contribution in [0.25, 0.3) is 0 Å². The normalized spacial score (nSPS) is 27.5. The maximum absolute atomic E-state index is 4.22. The van der Waals surface area contributed by atoms with Crippen molar-refractivity contribution in [2.75, 3.05) is 19.5 Å². The van der Waals surface area contributed by atoms with Crippen LogP contribution in [0.2, 0.25) is 0 Å². The Hall–Kier alpha value is -0.440. The third-order valence-corrected chi connectivity index (χ3v) is 2.80. The lowest BCUT2D eigenvalue weighted by atomic mass is 10.3. The van der Waals surface area contributed by atoms with E-state index in [4.69, 9.17) is 0 Å². The zero-order valence-electron chi connectivity index (χ0n) is 6.00. The summed E-state index contributed by atoms with van der Waals surface area (Å²) in [5.41, 5.74) is 2.65. The molecule has 0 aromatic heterocycles. The fraction of sp³-hybridized carbons (Fsp3) is 0.571. The van der Waals surface area contributed by atoms with Crippen molar-refractivity contribution in [3.63, 3.8) is 0 Å². The van der Waals surface area contributed by atoms with Crippen LogP contribution in [0.1, 0.15) is 6.42 Å². The van der Waals surface area contributed by atoms with Gasteiger partial charge in [0.15, 0.2) is 0 Å². The molecule has 0 unspecified atom stereocenters. The fourth-order valence-corrected chi connectivity index (χ4v) is 2.35. The van der Waals surface area contributed by atoms with Crippen molar-refractivity contribution in [3.05, 3.63) is 11.1 Å². The molecule has 2 heterocycles. The highest BCUT2D eigenvalue weighted by Gasteiger charge is 2.25. The molecule has 0 saturated carbocycles. The summed E-state index contributed by atoms with van der Waals surface area (Å²) in [7, 11) is 1.88. The number of rotatable bonds is 0. The molecule has 54 valence electrons. The van der Waals surface area contributed by atoms with Gasteiger partial charge in [-0.1, -0.05) is 0 Å². The number of thioether (sulfide) groups is 1. The molecule has 0 atom stereocenters. The Morgan fingerprint density at radius 1 is 1.70 bits per heavy atom. The molecule has 1 saturated heterocycles. The molecular weight excluding hydrogens is 144 g/mol. The second-order valence-electron chi connectivity index (χ2n) is 2.48. The third kappa shape index (κ3) is 0.770. The molecule has 0 N–H and O–H groups in total. The lowest BCUT2D eigenvalue weighted by Crippen LogP contribution is -2.12. The van der Waals surface area contributed by atoms with E-state index in [1.54, 1.807) is 0 Å². The summed E-state index contributed by atoms with van der Waals surface area (Å²) in [4.78, 5) is 6.61. The number of allylic oxidation sites excluding steroid dienone is 1. The Morgan fingerprint density at radius 3 is 3.40 bits per heavy atom. The van der Waals surface area contributed by atoms with Crippen molar-refractivity contribution < 1.29 is 0 Å². The van der Waals surface area contributed by atoms with Gasteiger partial charge in [0.05, 0.1) is 17.3 Å². The Balaban J connectivity index is 2.30. The van der Waals surface area contributed by atoms with Crippen LogP contribution < -0.4 is 0 Å². The summed E-state index contributed by atoms with van der Waals surface area (Å²) in [5.74, 6) is 1.13. The van der Waals surface area contributed by atoms with Crippen molar-refractivity contribution in [3.8, 4) is 0 Å². The number of nitrogens with zero attached hydrogens (tertiary/aromatic N) is 2. The fourth-order valence-electron chi connectivity index (χ4n) is 1.38. The van der Waals surface area contributed by atoms with Gasteiger partial charge >= 0.3 is 0 Å². The second-order valence-corrected chi connectivity index (χ2v) is 3.31. The van der Waals surface area contributed by atoms with E-state index in [1.807, 2.05) is 18.8 Å². The van der Waals surface area contributed by atoms with Crippen LogP contribution in [0.15, 0.2) is 16.1 Å². The van der Waals surface area contributed by atoms with Crippen LogP contribution in [0.5, 0.6) is 0 Å². The molecule has 10 heavy (non-hydrogen) atoms. The maximum Gasteiger partial charge on any atom is 0.0681 e. The summed E-state index contributed by atoms with van der Waals surface area (Å²) in [6.45, 7) is 1.17. The predicted molar refractivity (Wildman–Crippen MR) is 45.2 cm³/mol. The van der Waals surface area contributed by atoms with Crippen molar-refractivity contribution in [2.24, 2.45) is 4.99 Å². The van der Waals surface area contributed by atoms with Crippen LogP contribution in [-0.4, -0.2) is 30.1 Å². The summed E-state index contributed by atoms with van der Waals surface area (Å²) in [5, 5.41) is 2.22. The van der Waals surface area contributed by atoms with Gasteiger partial charge in [-0.3, -0.25) is 4.99 Å². The first kappa shape index (κ1) is 6.28. The first-order valence-electron chi connectivity index (χ1n) is 3.44. The molecule has 2 rings (SSSR count). The molecule has 0 amide bonds. The molecule has 2 nitrogen and oxygen atoms in total. The lowest BCUT2D eigenvalue weighted by Gasteiger charge is -2.09. The topological polar surface area (TPSA) is 15.6 Å². The van der Waals surface area contributed by atoms with E-state index in [0.717, 1.165) is 12.3 Å². The molecule has 0 aromatic rings. The average Bonchev–Trinajstić information content (AvgIpc) is 2.44.